The normalized spacial score (nSPS) is 10.7. The Morgan fingerprint density at radius 3 is 2.08 bits per heavy atom. The van der Waals surface area contributed by atoms with Crippen LogP contribution in [0.5, 0.6) is 0 Å². The Morgan fingerprint density at radius 1 is 1.31 bits per heavy atom. The van der Waals surface area contributed by atoms with Crippen molar-refractivity contribution in [2.45, 2.75) is 32.7 Å². The van der Waals surface area contributed by atoms with Gasteiger partial charge in [-0.15, -0.1) is 0 Å². The largest absolute Gasteiger partial charge is 0.368 e. The molecule has 5 nitrogen and oxygen atoms in total. The van der Waals surface area contributed by atoms with Crippen molar-refractivity contribution in [1.82, 2.24) is 5.32 Å². The number of hydrogen-bond acceptors (Lipinski definition) is 3. The van der Waals surface area contributed by atoms with Gasteiger partial charge in [-0.3, -0.25) is 14.4 Å². The lowest BCUT2D eigenvalue weighted by atomic mass is 10.0. The number of nitrogens with two attached hydrogens (primary N) is 1. The number of amides is 2. The molecule has 0 bridgehead atoms. The Hall–Kier alpha value is -1.39. The Balaban J connectivity index is 4.20. The van der Waals surface area contributed by atoms with Crippen molar-refractivity contribution in [1.29, 1.82) is 0 Å². The first kappa shape index (κ1) is 11.6. The predicted molar refractivity (Wildman–Crippen MR) is 46.7 cm³/mol. The highest BCUT2D eigenvalue weighted by molar-refractivity contribution is 5.99. The monoisotopic (exact) mass is 186 g/mol. The molecule has 0 rings (SSSR count). The van der Waals surface area contributed by atoms with E-state index in [0.717, 1.165) is 0 Å². The van der Waals surface area contributed by atoms with Gasteiger partial charge in [0.15, 0.2) is 0 Å². The molecule has 0 spiro atoms. The van der Waals surface area contributed by atoms with Gasteiger partial charge in [0.25, 0.3) is 0 Å². The van der Waals surface area contributed by atoms with Crippen molar-refractivity contribution in [2.75, 3.05) is 0 Å². The van der Waals surface area contributed by atoms with Gasteiger partial charge in [-0.1, -0.05) is 0 Å². The topological polar surface area (TPSA) is 89.3 Å². The average molecular weight is 186 g/mol. The minimum Gasteiger partial charge on any atom is -0.368 e. The zero-order chi connectivity index (χ0) is 10.6. The summed E-state index contributed by atoms with van der Waals surface area (Å²) < 4.78 is 0. The maximum atomic E-state index is 11.0. The second kappa shape index (κ2) is 4.02. The van der Waals surface area contributed by atoms with E-state index in [1.54, 1.807) is 0 Å². The summed E-state index contributed by atoms with van der Waals surface area (Å²) in [5.74, 6) is -1.38. The van der Waals surface area contributed by atoms with Gasteiger partial charge in [0.1, 0.15) is 11.3 Å². The van der Waals surface area contributed by atoms with Crippen molar-refractivity contribution in [3.63, 3.8) is 0 Å². The molecule has 0 saturated carbocycles. The summed E-state index contributed by atoms with van der Waals surface area (Å²) in [7, 11) is 0. The lowest BCUT2D eigenvalue weighted by Gasteiger charge is -2.21. The minimum absolute atomic E-state index is 0.225. The number of ketones is 1. The smallest absolute Gasteiger partial charge is 0.242 e. The molecule has 0 aliphatic carbocycles. The fourth-order valence-electron chi connectivity index (χ4n) is 0.680. The van der Waals surface area contributed by atoms with E-state index in [0.29, 0.717) is 0 Å². The number of carbonyl (C=O) groups is 3. The van der Waals surface area contributed by atoms with Crippen LogP contribution in [0.25, 0.3) is 0 Å². The maximum Gasteiger partial charge on any atom is 0.242 e. The second-order valence-electron chi connectivity index (χ2n) is 3.42. The fourth-order valence-corrected chi connectivity index (χ4v) is 0.680. The van der Waals surface area contributed by atoms with Crippen molar-refractivity contribution < 1.29 is 14.4 Å². The Morgan fingerprint density at radius 2 is 1.77 bits per heavy atom. The molecule has 0 aliphatic rings. The SMILES string of the molecule is CC(=O)CC(=O)NC(C)(C)C(N)=O. The summed E-state index contributed by atoms with van der Waals surface area (Å²) in [4.78, 5) is 32.3. The Bertz CT molecular complexity index is 246. The molecule has 0 unspecified atom stereocenters. The third kappa shape index (κ3) is 4.25. The molecule has 0 aliphatic heterocycles. The zero-order valence-electron chi connectivity index (χ0n) is 8.01. The molecule has 0 aromatic carbocycles. The molecule has 0 saturated heterocycles. The van der Waals surface area contributed by atoms with Crippen LogP contribution in [-0.2, 0) is 14.4 Å². The van der Waals surface area contributed by atoms with Gasteiger partial charge in [-0.05, 0) is 20.8 Å². The molecule has 0 aromatic heterocycles. The molecule has 13 heavy (non-hydrogen) atoms. The lowest BCUT2D eigenvalue weighted by molar-refractivity contribution is -0.133. The number of primary amides is 1. The lowest BCUT2D eigenvalue weighted by Crippen LogP contribution is -2.53. The van der Waals surface area contributed by atoms with Gasteiger partial charge in [-0.2, -0.15) is 0 Å². The first-order valence-corrected chi connectivity index (χ1v) is 3.86. The third-order valence-corrected chi connectivity index (χ3v) is 1.48. The molecule has 0 radical (unpaired) electrons. The van der Waals surface area contributed by atoms with Crippen LogP contribution in [0.4, 0.5) is 0 Å². The van der Waals surface area contributed by atoms with E-state index >= 15 is 0 Å². The highest BCUT2D eigenvalue weighted by atomic mass is 16.2. The quantitative estimate of drug-likeness (QED) is 0.571. The van der Waals surface area contributed by atoms with E-state index in [9.17, 15) is 14.4 Å². The van der Waals surface area contributed by atoms with E-state index in [-0.39, 0.29) is 12.2 Å². The number of hydrogen-bond donors (Lipinski definition) is 2. The van der Waals surface area contributed by atoms with Crippen molar-refractivity contribution in [3.05, 3.63) is 0 Å². The molecule has 3 N–H and O–H groups in total. The van der Waals surface area contributed by atoms with Crippen LogP contribution in [0.1, 0.15) is 27.2 Å². The van der Waals surface area contributed by atoms with E-state index in [2.05, 4.69) is 5.32 Å². The summed E-state index contributed by atoms with van der Waals surface area (Å²) in [6.07, 6.45) is -0.225. The van der Waals surface area contributed by atoms with Gasteiger partial charge in [0.05, 0.1) is 6.42 Å². The summed E-state index contributed by atoms with van der Waals surface area (Å²) in [5.41, 5.74) is 3.91. The highest BCUT2D eigenvalue weighted by Gasteiger charge is 2.26. The molecule has 0 atom stereocenters. The van der Waals surface area contributed by atoms with Crippen molar-refractivity contribution in [2.24, 2.45) is 5.73 Å². The Kier molecular flexibility index (Phi) is 3.59. The summed E-state index contributed by atoms with van der Waals surface area (Å²) in [6.45, 7) is 4.26. The predicted octanol–water partition coefficient (Wildman–Crippen LogP) is -0.654. The van der Waals surface area contributed by atoms with Gasteiger partial charge in [0, 0.05) is 0 Å². The third-order valence-electron chi connectivity index (χ3n) is 1.48. The van der Waals surface area contributed by atoms with Crippen LogP contribution in [0.2, 0.25) is 0 Å². The van der Waals surface area contributed by atoms with E-state index in [1.807, 2.05) is 0 Å². The number of nitrogens with one attached hydrogen (secondary N) is 1. The average Bonchev–Trinajstić information content (AvgIpc) is 1.82. The number of Topliss-reactive ketones (excluding diaryl/α,β-unsaturated/α-hetero) is 1. The molecule has 0 heterocycles. The van der Waals surface area contributed by atoms with Crippen LogP contribution in [0.15, 0.2) is 0 Å². The van der Waals surface area contributed by atoms with Crippen LogP contribution in [0, 0.1) is 0 Å². The minimum atomic E-state index is -1.10. The molecule has 0 aromatic rings. The second-order valence-corrected chi connectivity index (χ2v) is 3.42. The van der Waals surface area contributed by atoms with Crippen LogP contribution in [0.3, 0.4) is 0 Å². The standard InChI is InChI=1S/C8H14N2O3/c1-5(11)4-6(12)10-8(2,3)7(9)13/h4H2,1-3H3,(H2,9,13)(H,10,12). The van der Waals surface area contributed by atoms with Crippen molar-refractivity contribution in [3.8, 4) is 0 Å². The van der Waals surface area contributed by atoms with Crippen molar-refractivity contribution >= 4 is 17.6 Å². The number of carbonyl (C=O) groups excluding carboxylic acids is 3. The van der Waals surface area contributed by atoms with E-state index in [4.69, 9.17) is 5.73 Å². The molecule has 0 fully saturated rings. The van der Waals surface area contributed by atoms with Gasteiger partial charge in [0.2, 0.25) is 11.8 Å². The molecule has 74 valence electrons. The molecule has 5 heteroatoms. The summed E-state index contributed by atoms with van der Waals surface area (Å²) in [6, 6.07) is 0. The van der Waals surface area contributed by atoms with Crippen LogP contribution < -0.4 is 11.1 Å². The fraction of sp³-hybridized carbons (Fsp3) is 0.625. The Labute approximate surface area is 76.7 Å². The van der Waals surface area contributed by atoms with Gasteiger partial charge >= 0.3 is 0 Å². The van der Waals surface area contributed by atoms with Crippen LogP contribution in [-0.4, -0.2) is 23.1 Å². The summed E-state index contributed by atoms with van der Waals surface area (Å²) in [5, 5.41) is 2.35. The zero-order valence-corrected chi connectivity index (χ0v) is 8.01. The first-order chi connectivity index (χ1) is 5.75. The first-order valence-electron chi connectivity index (χ1n) is 3.86. The maximum absolute atomic E-state index is 11.0. The number of rotatable bonds is 4. The molecular weight excluding hydrogens is 172 g/mol. The summed E-state index contributed by atoms with van der Waals surface area (Å²) >= 11 is 0. The van der Waals surface area contributed by atoms with Gasteiger partial charge in [-0.25, -0.2) is 0 Å². The van der Waals surface area contributed by atoms with E-state index in [1.165, 1.54) is 20.8 Å². The van der Waals surface area contributed by atoms with Crippen LogP contribution >= 0.6 is 0 Å². The van der Waals surface area contributed by atoms with E-state index < -0.39 is 17.4 Å². The van der Waals surface area contributed by atoms with Gasteiger partial charge < -0.3 is 11.1 Å². The highest BCUT2D eigenvalue weighted by Crippen LogP contribution is 2.00. The molecular formula is C8H14N2O3. The molecule has 2 amide bonds.